The first-order valence-corrected chi connectivity index (χ1v) is 12.3. The molecule has 0 atom stereocenters. The van der Waals surface area contributed by atoms with Gasteiger partial charge in [0.25, 0.3) is 0 Å². The number of hydrogen-bond acceptors (Lipinski definition) is 8. The summed E-state index contributed by atoms with van der Waals surface area (Å²) in [5.74, 6) is -1.07. The molecule has 0 N–H and O–H groups in total. The molecular formula is C20H24N2O7S2. The maximum atomic E-state index is 12.7. The minimum Gasteiger partial charge on any atom is -0.466 e. The number of esters is 2. The van der Waals surface area contributed by atoms with Crippen LogP contribution < -0.4 is 0 Å². The molecule has 11 heteroatoms. The molecule has 3 rings (SSSR count). The van der Waals surface area contributed by atoms with E-state index in [0.29, 0.717) is 24.5 Å². The number of nitrogens with zero attached hydrogens (tertiary/aromatic N) is 2. The van der Waals surface area contributed by atoms with E-state index in [2.05, 4.69) is 4.74 Å². The van der Waals surface area contributed by atoms with Crippen molar-refractivity contribution >= 4 is 39.6 Å². The number of methoxy groups -OCH3 is 1. The zero-order chi connectivity index (χ0) is 22.4. The Bertz CT molecular complexity index is 985. The lowest BCUT2D eigenvalue weighted by atomic mass is 10.2. The van der Waals surface area contributed by atoms with Crippen LogP contribution in [0.1, 0.15) is 29.6 Å². The predicted molar refractivity (Wildman–Crippen MR) is 114 cm³/mol. The Labute approximate surface area is 185 Å². The average Bonchev–Trinajstić information content (AvgIpc) is 3.42. The van der Waals surface area contributed by atoms with Crippen LogP contribution in [0.15, 0.2) is 40.3 Å². The van der Waals surface area contributed by atoms with Crippen LogP contribution in [-0.4, -0.2) is 74.6 Å². The summed E-state index contributed by atoms with van der Waals surface area (Å²) in [4.78, 5) is 37.3. The van der Waals surface area contributed by atoms with Gasteiger partial charge < -0.3 is 14.4 Å². The van der Waals surface area contributed by atoms with Crippen LogP contribution in [0, 0.1) is 0 Å². The Morgan fingerprint density at radius 2 is 1.97 bits per heavy atom. The van der Waals surface area contributed by atoms with Gasteiger partial charge in [-0.3, -0.25) is 4.79 Å². The number of carbonyl (C=O) groups is 3. The molecule has 0 aromatic heterocycles. The van der Waals surface area contributed by atoms with Gasteiger partial charge in [0.05, 0.1) is 41.0 Å². The first-order valence-electron chi connectivity index (χ1n) is 9.83. The van der Waals surface area contributed by atoms with Gasteiger partial charge in [-0.05, 0) is 37.5 Å². The van der Waals surface area contributed by atoms with Crippen molar-refractivity contribution in [3.05, 3.63) is 40.9 Å². The van der Waals surface area contributed by atoms with Gasteiger partial charge in [-0.15, -0.1) is 0 Å². The fourth-order valence-electron chi connectivity index (χ4n) is 3.26. The van der Waals surface area contributed by atoms with Crippen LogP contribution >= 0.6 is 11.8 Å². The van der Waals surface area contributed by atoms with E-state index in [4.69, 9.17) is 4.74 Å². The lowest BCUT2D eigenvalue weighted by molar-refractivity contribution is -0.134. The Kier molecular flexibility index (Phi) is 7.74. The van der Waals surface area contributed by atoms with Crippen molar-refractivity contribution in [2.45, 2.75) is 24.2 Å². The van der Waals surface area contributed by atoms with E-state index in [1.807, 2.05) is 0 Å². The molecule has 168 valence electrons. The number of rotatable bonds is 8. The molecule has 31 heavy (non-hydrogen) atoms. The van der Waals surface area contributed by atoms with Crippen LogP contribution in [0.2, 0.25) is 0 Å². The van der Waals surface area contributed by atoms with Gasteiger partial charge in [-0.25, -0.2) is 18.0 Å². The van der Waals surface area contributed by atoms with Crippen LogP contribution in [0.25, 0.3) is 0 Å². The lowest BCUT2D eigenvalue weighted by Crippen LogP contribution is -2.28. The standard InChI is InChI=1S/C20H24N2O7S2/c1-28-19(24)13-18-22(17(23)14-30-18)10-5-11-29-20(25)15-6-4-7-16(12-15)31(26,27)21-8-2-3-9-21/h4,6-7,12-13H,2-3,5,8-11,14H2,1H3/b18-13+. The predicted octanol–water partition coefficient (Wildman–Crippen LogP) is 1.61. The summed E-state index contributed by atoms with van der Waals surface area (Å²) in [5.41, 5.74) is 0.152. The number of benzene rings is 1. The van der Waals surface area contributed by atoms with E-state index in [9.17, 15) is 22.8 Å². The van der Waals surface area contributed by atoms with Crippen molar-refractivity contribution in [2.24, 2.45) is 0 Å². The van der Waals surface area contributed by atoms with Crippen molar-refractivity contribution in [1.82, 2.24) is 9.21 Å². The highest BCUT2D eigenvalue weighted by Gasteiger charge is 2.28. The number of amides is 1. The number of thioether (sulfide) groups is 1. The second kappa shape index (κ2) is 10.3. The Morgan fingerprint density at radius 3 is 2.68 bits per heavy atom. The molecule has 2 fully saturated rings. The molecule has 9 nitrogen and oxygen atoms in total. The van der Waals surface area contributed by atoms with E-state index >= 15 is 0 Å². The van der Waals surface area contributed by atoms with Gasteiger partial charge in [0.1, 0.15) is 0 Å². The molecule has 1 amide bonds. The van der Waals surface area contributed by atoms with Gasteiger partial charge in [0, 0.05) is 19.6 Å². The van der Waals surface area contributed by atoms with Crippen molar-refractivity contribution < 1.29 is 32.3 Å². The number of carbonyl (C=O) groups excluding carboxylic acids is 3. The van der Waals surface area contributed by atoms with E-state index in [0.717, 1.165) is 12.8 Å². The normalized spacial score (nSPS) is 18.5. The van der Waals surface area contributed by atoms with Crippen molar-refractivity contribution in [3.8, 4) is 0 Å². The maximum Gasteiger partial charge on any atom is 0.338 e. The summed E-state index contributed by atoms with van der Waals surface area (Å²) in [6.07, 6.45) is 3.28. The molecule has 0 bridgehead atoms. The van der Waals surface area contributed by atoms with E-state index in [1.54, 1.807) is 0 Å². The minimum absolute atomic E-state index is 0.0435. The molecule has 0 radical (unpaired) electrons. The molecule has 0 saturated carbocycles. The van der Waals surface area contributed by atoms with Crippen LogP contribution in [0.3, 0.4) is 0 Å². The third-order valence-corrected chi connectivity index (χ3v) is 7.80. The summed E-state index contributed by atoms with van der Waals surface area (Å²) in [6.45, 7) is 1.29. The molecule has 1 aromatic carbocycles. The molecule has 0 unspecified atom stereocenters. The van der Waals surface area contributed by atoms with Gasteiger partial charge in [-0.2, -0.15) is 4.31 Å². The van der Waals surface area contributed by atoms with Crippen molar-refractivity contribution in [2.75, 3.05) is 39.1 Å². The monoisotopic (exact) mass is 468 g/mol. The highest BCUT2D eigenvalue weighted by atomic mass is 32.2. The second-order valence-electron chi connectivity index (χ2n) is 6.97. The van der Waals surface area contributed by atoms with E-state index in [-0.39, 0.29) is 35.3 Å². The fraction of sp³-hybridized carbons (Fsp3) is 0.450. The molecular weight excluding hydrogens is 444 g/mol. The maximum absolute atomic E-state index is 12.7. The Morgan fingerprint density at radius 1 is 1.23 bits per heavy atom. The van der Waals surface area contributed by atoms with Crippen LogP contribution in [-0.2, 0) is 29.1 Å². The van der Waals surface area contributed by atoms with E-state index in [1.165, 1.54) is 58.4 Å². The smallest absolute Gasteiger partial charge is 0.338 e. The second-order valence-corrected chi connectivity index (χ2v) is 9.90. The molecule has 0 spiro atoms. The zero-order valence-corrected chi connectivity index (χ0v) is 18.7. The first kappa shape index (κ1) is 23.3. The summed E-state index contributed by atoms with van der Waals surface area (Å²) >= 11 is 1.25. The van der Waals surface area contributed by atoms with Crippen molar-refractivity contribution in [3.63, 3.8) is 0 Å². The summed E-state index contributed by atoms with van der Waals surface area (Å²) in [6, 6.07) is 5.82. The Hall–Kier alpha value is -2.37. The SMILES string of the molecule is COC(=O)/C=C1/SCC(=O)N1CCCOC(=O)c1cccc(S(=O)(=O)N2CCCC2)c1. The highest BCUT2D eigenvalue weighted by molar-refractivity contribution is 8.04. The number of hydrogen-bond donors (Lipinski definition) is 0. The summed E-state index contributed by atoms with van der Waals surface area (Å²) in [5, 5.41) is 0.503. The molecule has 2 aliphatic rings. The molecule has 2 aliphatic heterocycles. The molecule has 2 saturated heterocycles. The van der Waals surface area contributed by atoms with Gasteiger partial charge in [-0.1, -0.05) is 17.8 Å². The summed E-state index contributed by atoms with van der Waals surface area (Å²) < 4.78 is 36.6. The van der Waals surface area contributed by atoms with Gasteiger partial charge >= 0.3 is 11.9 Å². The van der Waals surface area contributed by atoms with Gasteiger partial charge in [0.2, 0.25) is 15.9 Å². The highest BCUT2D eigenvalue weighted by Crippen LogP contribution is 2.29. The molecule has 1 aromatic rings. The van der Waals surface area contributed by atoms with Crippen LogP contribution in [0.4, 0.5) is 0 Å². The largest absolute Gasteiger partial charge is 0.466 e. The quantitative estimate of drug-likeness (QED) is 0.322. The average molecular weight is 469 g/mol. The first-order chi connectivity index (χ1) is 14.8. The molecule has 0 aliphatic carbocycles. The van der Waals surface area contributed by atoms with Crippen LogP contribution in [0.5, 0.6) is 0 Å². The number of ether oxygens (including phenoxy) is 2. The third-order valence-electron chi connectivity index (χ3n) is 4.88. The number of sulfonamides is 1. The van der Waals surface area contributed by atoms with Crippen molar-refractivity contribution in [1.29, 1.82) is 0 Å². The van der Waals surface area contributed by atoms with E-state index < -0.39 is 22.0 Å². The van der Waals surface area contributed by atoms with Gasteiger partial charge in [0.15, 0.2) is 0 Å². The summed E-state index contributed by atoms with van der Waals surface area (Å²) in [7, 11) is -2.36. The molecule has 2 heterocycles. The third kappa shape index (κ3) is 5.66. The topological polar surface area (TPSA) is 110 Å². The minimum atomic E-state index is -3.62. The zero-order valence-electron chi connectivity index (χ0n) is 17.1. The fourth-order valence-corrected chi connectivity index (χ4v) is 5.78. The Balaban J connectivity index is 1.55. The lowest BCUT2D eigenvalue weighted by Gasteiger charge is -2.17.